The topological polar surface area (TPSA) is 90.7 Å². The number of hydrogen-bond acceptors (Lipinski definition) is 5. The molecule has 8 heavy (non-hydrogen) atoms. The minimum Gasteiger partial charge on any atom is -0.760 e. The molecule has 1 saturated heterocycles. The van der Waals surface area contributed by atoms with Gasteiger partial charge in [-0.2, -0.15) is 4.72 Å². The zero-order valence-electron chi connectivity index (χ0n) is 3.62. The Morgan fingerprint density at radius 3 is 2.62 bits per heavy atom. The summed E-state index contributed by atoms with van der Waals surface area (Å²) in [5.41, 5.74) is 5.08. The fourth-order valence-electron chi connectivity index (χ4n) is 0.195. The molecule has 2 atom stereocenters. The third-order valence-electron chi connectivity index (χ3n) is 0.488. The fraction of sp³-hybridized carbons (Fsp3) is 1.00. The normalized spacial score (nSPS) is 39.2. The van der Waals surface area contributed by atoms with Crippen LogP contribution in [0.2, 0.25) is 0 Å². The van der Waals surface area contributed by atoms with E-state index in [9.17, 15) is 8.76 Å². The van der Waals surface area contributed by atoms with Gasteiger partial charge in [-0.15, -0.1) is 0 Å². The number of nitrogens with two attached hydrogens (primary N) is 1. The van der Waals surface area contributed by atoms with Crippen LogP contribution in [0.25, 0.3) is 0 Å². The first-order valence-corrected chi connectivity index (χ1v) is 3.47. The molecule has 3 N–H and O–H groups in total. The first-order chi connectivity index (χ1) is 3.62. The molecule has 0 aliphatic carbocycles. The first kappa shape index (κ1) is 6.46. The molecule has 48 valence electrons. The highest BCUT2D eigenvalue weighted by molar-refractivity contribution is 8.02. The Bertz CT molecular complexity index is 122. The lowest BCUT2D eigenvalue weighted by molar-refractivity contribution is 0.306. The Balaban J connectivity index is 2.29. The lowest BCUT2D eigenvalue weighted by atomic mass is 11.1. The number of hydrogen-bond donors (Lipinski definition) is 2. The predicted octanol–water partition coefficient (Wildman–Crippen LogP) is -1.38. The quantitative estimate of drug-likeness (QED) is 0.222. The van der Waals surface area contributed by atoms with Gasteiger partial charge in [0.25, 0.3) is 5.18 Å². The van der Waals surface area contributed by atoms with Crippen molar-refractivity contribution in [3.63, 3.8) is 0 Å². The first-order valence-electron chi connectivity index (χ1n) is 1.65. The van der Waals surface area contributed by atoms with Gasteiger partial charge in [-0.05, 0) is 0 Å². The van der Waals surface area contributed by atoms with Crippen LogP contribution >= 0.6 is 12.0 Å². The standard InChI is InChI=1S/CH4N2O3S2/c2-1(6-7-1)3-8(4)5/h3H,2H2,(H,4,5)/p-1. The van der Waals surface area contributed by atoms with Gasteiger partial charge in [0, 0.05) is 11.3 Å². The molecule has 1 rings (SSSR count). The van der Waals surface area contributed by atoms with Gasteiger partial charge < -0.3 is 4.55 Å². The van der Waals surface area contributed by atoms with Gasteiger partial charge in [0.05, 0.1) is 12.0 Å². The monoisotopic (exact) mass is 155 g/mol. The molecule has 0 saturated carbocycles. The SMILES string of the molecule is NC1(NS(=O)[O-])OS1. The number of rotatable bonds is 2. The molecule has 5 nitrogen and oxygen atoms in total. The Labute approximate surface area is 52.6 Å². The summed E-state index contributed by atoms with van der Waals surface area (Å²) in [5, 5.41) is -1.17. The predicted molar refractivity (Wildman–Crippen MR) is 27.6 cm³/mol. The molecule has 0 spiro atoms. The van der Waals surface area contributed by atoms with Gasteiger partial charge in [0.1, 0.15) is 0 Å². The van der Waals surface area contributed by atoms with Gasteiger partial charge in [-0.25, -0.2) is 0 Å². The van der Waals surface area contributed by atoms with Crippen LogP contribution in [0.5, 0.6) is 0 Å². The summed E-state index contributed by atoms with van der Waals surface area (Å²) in [6.07, 6.45) is 0. The van der Waals surface area contributed by atoms with Crippen LogP contribution in [0.15, 0.2) is 0 Å². The van der Waals surface area contributed by atoms with E-state index in [1.54, 1.807) is 0 Å². The minimum atomic E-state index is -2.34. The van der Waals surface area contributed by atoms with E-state index in [2.05, 4.69) is 4.18 Å². The average molecular weight is 155 g/mol. The highest BCUT2D eigenvalue weighted by Crippen LogP contribution is 2.38. The fourth-order valence-corrected chi connectivity index (χ4v) is 0.993. The Morgan fingerprint density at radius 1 is 2.00 bits per heavy atom. The molecule has 0 aromatic rings. The summed E-state index contributed by atoms with van der Waals surface area (Å²) in [6.45, 7) is 0. The molecule has 7 heteroatoms. The summed E-state index contributed by atoms with van der Waals surface area (Å²) in [4.78, 5) is 0. The molecule has 1 fully saturated rings. The second kappa shape index (κ2) is 1.94. The van der Waals surface area contributed by atoms with E-state index < -0.39 is 16.4 Å². The van der Waals surface area contributed by atoms with Crippen molar-refractivity contribution in [1.29, 1.82) is 0 Å². The van der Waals surface area contributed by atoms with E-state index in [0.29, 0.717) is 0 Å². The van der Waals surface area contributed by atoms with Crippen LogP contribution in [0.3, 0.4) is 0 Å². The summed E-state index contributed by atoms with van der Waals surface area (Å²) >= 11 is -1.47. The maximum absolute atomic E-state index is 9.77. The molecule has 0 bridgehead atoms. The summed E-state index contributed by atoms with van der Waals surface area (Å²) in [6, 6.07) is 0. The smallest absolute Gasteiger partial charge is 0.270 e. The highest BCUT2D eigenvalue weighted by Gasteiger charge is 2.43. The molecule has 1 aliphatic rings. The van der Waals surface area contributed by atoms with E-state index >= 15 is 0 Å². The molecular weight excluding hydrogens is 152 g/mol. The van der Waals surface area contributed by atoms with E-state index in [1.807, 2.05) is 4.72 Å². The molecule has 1 aliphatic heterocycles. The van der Waals surface area contributed by atoms with Gasteiger partial charge >= 0.3 is 0 Å². The van der Waals surface area contributed by atoms with E-state index in [0.717, 1.165) is 12.0 Å². The zero-order valence-corrected chi connectivity index (χ0v) is 5.25. The third-order valence-corrected chi connectivity index (χ3v) is 1.72. The van der Waals surface area contributed by atoms with Gasteiger partial charge in [0.15, 0.2) is 0 Å². The average Bonchev–Trinajstić information content (AvgIpc) is 2.17. The van der Waals surface area contributed by atoms with Crippen LogP contribution < -0.4 is 10.5 Å². The zero-order chi connectivity index (χ0) is 6.20. The van der Waals surface area contributed by atoms with Crippen molar-refractivity contribution in [2.75, 3.05) is 0 Å². The van der Waals surface area contributed by atoms with E-state index in [4.69, 9.17) is 5.73 Å². The summed E-state index contributed by atoms with van der Waals surface area (Å²) in [5.74, 6) is 0. The van der Waals surface area contributed by atoms with Crippen molar-refractivity contribution in [2.24, 2.45) is 5.73 Å². The molecular formula is CH3N2O3S2-. The minimum absolute atomic E-state index is 0.873. The molecule has 0 radical (unpaired) electrons. The van der Waals surface area contributed by atoms with Gasteiger partial charge in [-0.1, -0.05) is 0 Å². The van der Waals surface area contributed by atoms with Crippen LogP contribution in [0.4, 0.5) is 0 Å². The van der Waals surface area contributed by atoms with Crippen molar-refractivity contribution in [3.05, 3.63) is 0 Å². The molecule has 0 aromatic heterocycles. The van der Waals surface area contributed by atoms with Crippen molar-refractivity contribution >= 4 is 23.3 Å². The van der Waals surface area contributed by atoms with Crippen molar-refractivity contribution in [2.45, 2.75) is 5.18 Å². The molecule has 1 heterocycles. The second-order valence-corrected chi connectivity index (χ2v) is 2.78. The molecule has 0 aromatic carbocycles. The van der Waals surface area contributed by atoms with Crippen LogP contribution in [0, 0.1) is 0 Å². The van der Waals surface area contributed by atoms with Crippen LogP contribution in [-0.2, 0) is 15.4 Å². The maximum Gasteiger partial charge on any atom is 0.270 e. The molecule has 2 unspecified atom stereocenters. The lowest BCUT2D eigenvalue weighted by Crippen LogP contribution is -2.40. The Kier molecular flexibility index (Phi) is 1.56. The highest BCUT2D eigenvalue weighted by atomic mass is 32.2. The van der Waals surface area contributed by atoms with Crippen LogP contribution in [0.1, 0.15) is 0 Å². The van der Waals surface area contributed by atoms with E-state index in [-0.39, 0.29) is 0 Å². The van der Waals surface area contributed by atoms with Crippen molar-refractivity contribution in [3.8, 4) is 0 Å². The second-order valence-electron chi connectivity index (χ2n) is 1.17. The molecule has 0 amide bonds. The Morgan fingerprint density at radius 2 is 2.50 bits per heavy atom. The largest absolute Gasteiger partial charge is 0.760 e. The number of nitrogens with one attached hydrogen (secondary N) is 1. The van der Waals surface area contributed by atoms with Crippen molar-refractivity contribution in [1.82, 2.24) is 4.72 Å². The van der Waals surface area contributed by atoms with Gasteiger partial charge in [-0.3, -0.25) is 14.1 Å². The summed E-state index contributed by atoms with van der Waals surface area (Å²) < 4.78 is 25.9. The third kappa shape index (κ3) is 1.69. The van der Waals surface area contributed by atoms with E-state index in [1.165, 1.54) is 0 Å². The summed E-state index contributed by atoms with van der Waals surface area (Å²) in [7, 11) is 0. The van der Waals surface area contributed by atoms with Gasteiger partial charge in [0.2, 0.25) is 0 Å². The lowest BCUT2D eigenvalue weighted by Gasteiger charge is -2.06. The Hall–Kier alpha value is 0.340. The van der Waals surface area contributed by atoms with Crippen molar-refractivity contribution < 1.29 is 12.9 Å². The maximum atomic E-state index is 9.77. The van der Waals surface area contributed by atoms with Crippen LogP contribution in [-0.4, -0.2) is 13.9 Å².